The van der Waals surface area contributed by atoms with Crippen LogP contribution in [0, 0.1) is 5.82 Å². The fourth-order valence-corrected chi connectivity index (χ4v) is 1.61. The van der Waals surface area contributed by atoms with Crippen LogP contribution < -0.4 is 10.5 Å². The summed E-state index contributed by atoms with van der Waals surface area (Å²) in [6.45, 7) is 1.99. The van der Waals surface area contributed by atoms with E-state index in [-0.39, 0.29) is 23.7 Å². The standard InChI is InChI=1S/C13H20FNO2/c1-9(16-2)4-6-12(15)10-5-7-13(17-3)11(14)8-10/h5,7-9,12H,4,6,15H2,1-3H3. The fourth-order valence-electron chi connectivity index (χ4n) is 1.61. The van der Waals surface area contributed by atoms with E-state index in [1.54, 1.807) is 19.2 Å². The molecule has 0 radical (unpaired) electrons. The first kappa shape index (κ1) is 13.9. The topological polar surface area (TPSA) is 44.5 Å². The Morgan fingerprint density at radius 3 is 2.53 bits per heavy atom. The molecular weight excluding hydrogens is 221 g/mol. The van der Waals surface area contributed by atoms with Crippen LogP contribution in [-0.4, -0.2) is 20.3 Å². The Balaban J connectivity index is 2.63. The Hall–Kier alpha value is -1.13. The molecular formula is C13H20FNO2. The Kier molecular flexibility index (Phi) is 5.38. The highest BCUT2D eigenvalue weighted by Gasteiger charge is 2.11. The lowest BCUT2D eigenvalue weighted by Gasteiger charge is -2.15. The normalized spacial score (nSPS) is 14.4. The summed E-state index contributed by atoms with van der Waals surface area (Å²) in [6.07, 6.45) is 1.79. The molecule has 0 saturated heterocycles. The van der Waals surface area contributed by atoms with Crippen molar-refractivity contribution in [3.63, 3.8) is 0 Å². The SMILES string of the molecule is COc1ccc(C(N)CCC(C)OC)cc1F. The van der Waals surface area contributed by atoms with Crippen molar-refractivity contribution in [3.8, 4) is 5.75 Å². The Morgan fingerprint density at radius 1 is 1.29 bits per heavy atom. The molecule has 0 saturated carbocycles. The molecule has 3 nitrogen and oxygen atoms in total. The van der Waals surface area contributed by atoms with Crippen molar-refractivity contribution in [1.29, 1.82) is 0 Å². The first-order chi connectivity index (χ1) is 8.08. The van der Waals surface area contributed by atoms with Gasteiger partial charge in [0, 0.05) is 13.2 Å². The second-order valence-corrected chi connectivity index (χ2v) is 4.12. The van der Waals surface area contributed by atoms with Gasteiger partial charge in [0.15, 0.2) is 11.6 Å². The number of methoxy groups -OCH3 is 2. The van der Waals surface area contributed by atoms with Crippen LogP contribution in [0.1, 0.15) is 31.4 Å². The third-order valence-corrected chi connectivity index (χ3v) is 2.89. The van der Waals surface area contributed by atoms with Crippen molar-refractivity contribution in [3.05, 3.63) is 29.6 Å². The highest BCUT2D eigenvalue weighted by molar-refractivity contribution is 5.30. The van der Waals surface area contributed by atoms with Crippen molar-refractivity contribution in [2.75, 3.05) is 14.2 Å². The molecule has 2 unspecified atom stereocenters. The smallest absolute Gasteiger partial charge is 0.165 e. The van der Waals surface area contributed by atoms with Gasteiger partial charge in [0.05, 0.1) is 13.2 Å². The average molecular weight is 241 g/mol. The zero-order chi connectivity index (χ0) is 12.8. The summed E-state index contributed by atoms with van der Waals surface area (Å²) in [7, 11) is 3.11. The van der Waals surface area contributed by atoms with Crippen molar-refractivity contribution in [1.82, 2.24) is 0 Å². The quantitative estimate of drug-likeness (QED) is 0.832. The van der Waals surface area contributed by atoms with Crippen molar-refractivity contribution in [2.45, 2.75) is 31.9 Å². The first-order valence-corrected chi connectivity index (χ1v) is 5.70. The summed E-state index contributed by atoms with van der Waals surface area (Å²) in [5.74, 6) is -0.133. The van der Waals surface area contributed by atoms with Crippen molar-refractivity contribution in [2.24, 2.45) is 5.73 Å². The lowest BCUT2D eigenvalue weighted by molar-refractivity contribution is 0.107. The summed E-state index contributed by atoms with van der Waals surface area (Å²) < 4.78 is 23.5. The molecule has 0 aromatic heterocycles. The van der Waals surface area contributed by atoms with Crippen LogP contribution in [0.2, 0.25) is 0 Å². The zero-order valence-electron chi connectivity index (χ0n) is 10.6. The van der Waals surface area contributed by atoms with E-state index in [9.17, 15) is 4.39 Å². The fraction of sp³-hybridized carbons (Fsp3) is 0.538. The van der Waals surface area contributed by atoms with E-state index in [0.717, 1.165) is 18.4 Å². The van der Waals surface area contributed by atoms with Crippen molar-refractivity contribution < 1.29 is 13.9 Å². The number of hydrogen-bond acceptors (Lipinski definition) is 3. The van der Waals surface area contributed by atoms with Crippen LogP contribution in [-0.2, 0) is 4.74 Å². The van der Waals surface area contributed by atoms with Gasteiger partial charge in [-0.2, -0.15) is 0 Å². The molecule has 0 aliphatic carbocycles. The van der Waals surface area contributed by atoms with Crippen LogP contribution in [0.15, 0.2) is 18.2 Å². The van der Waals surface area contributed by atoms with Gasteiger partial charge in [-0.05, 0) is 37.5 Å². The van der Waals surface area contributed by atoms with E-state index in [4.69, 9.17) is 15.2 Å². The van der Waals surface area contributed by atoms with Crippen molar-refractivity contribution >= 4 is 0 Å². The predicted molar refractivity (Wildman–Crippen MR) is 65.6 cm³/mol. The second-order valence-electron chi connectivity index (χ2n) is 4.12. The molecule has 0 amide bonds. The monoisotopic (exact) mass is 241 g/mol. The number of hydrogen-bond donors (Lipinski definition) is 1. The summed E-state index contributed by atoms with van der Waals surface area (Å²) in [5, 5.41) is 0. The summed E-state index contributed by atoms with van der Waals surface area (Å²) in [4.78, 5) is 0. The van der Waals surface area contributed by atoms with Crippen LogP contribution >= 0.6 is 0 Å². The van der Waals surface area contributed by atoms with Gasteiger partial charge in [0.25, 0.3) is 0 Å². The van der Waals surface area contributed by atoms with Gasteiger partial charge in [-0.1, -0.05) is 6.07 Å². The second kappa shape index (κ2) is 6.57. The highest BCUT2D eigenvalue weighted by Crippen LogP contribution is 2.23. The Labute approximate surface area is 102 Å². The highest BCUT2D eigenvalue weighted by atomic mass is 19.1. The molecule has 1 rings (SSSR count). The first-order valence-electron chi connectivity index (χ1n) is 5.70. The number of rotatable bonds is 6. The lowest BCUT2D eigenvalue weighted by Crippen LogP contribution is -2.14. The number of benzene rings is 1. The number of halogens is 1. The molecule has 0 bridgehead atoms. The van der Waals surface area contributed by atoms with Gasteiger partial charge in [-0.15, -0.1) is 0 Å². The molecule has 0 heterocycles. The summed E-state index contributed by atoms with van der Waals surface area (Å²) >= 11 is 0. The molecule has 0 fully saturated rings. The third-order valence-electron chi connectivity index (χ3n) is 2.89. The van der Waals surface area contributed by atoms with Crippen LogP contribution in [0.25, 0.3) is 0 Å². The molecule has 96 valence electrons. The number of nitrogens with two attached hydrogens (primary N) is 1. The van der Waals surface area contributed by atoms with E-state index in [2.05, 4.69) is 0 Å². The van der Waals surface area contributed by atoms with Crippen LogP contribution in [0.3, 0.4) is 0 Å². The minimum atomic E-state index is -0.375. The van der Waals surface area contributed by atoms with Crippen LogP contribution in [0.5, 0.6) is 5.75 Å². The minimum Gasteiger partial charge on any atom is -0.494 e. The van der Waals surface area contributed by atoms with Gasteiger partial charge in [0.1, 0.15) is 0 Å². The molecule has 0 spiro atoms. The van der Waals surface area contributed by atoms with Gasteiger partial charge in [-0.25, -0.2) is 4.39 Å². The maximum absolute atomic E-state index is 13.5. The molecule has 0 aliphatic heterocycles. The molecule has 0 aliphatic rings. The maximum atomic E-state index is 13.5. The van der Waals surface area contributed by atoms with Gasteiger partial charge < -0.3 is 15.2 Å². The Bertz CT molecular complexity index is 357. The minimum absolute atomic E-state index is 0.171. The Morgan fingerprint density at radius 2 is 2.00 bits per heavy atom. The number of ether oxygens (including phenoxy) is 2. The van der Waals surface area contributed by atoms with E-state index >= 15 is 0 Å². The van der Waals surface area contributed by atoms with E-state index in [1.807, 2.05) is 6.92 Å². The lowest BCUT2D eigenvalue weighted by atomic mass is 10.0. The summed E-state index contributed by atoms with van der Waals surface area (Å²) in [6, 6.07) is 4.66. The van der Waals surface area contributed by atoms with Gasteiger partial charge in [-0.3, -0.25) is 0 Å². The van der Waals surface area contributed by atoms with Gasteiger partial charge >= 0.3 is 0 Å². The van der Waals surface area contributed by atoms with E-state index in [0.29, 0.717) is 0 Å². The molecule has 1 aromatic rings. The maximum Gasteiger partial charge on any atom is 0.165 e. The molecule has 1 aromatic carbocycles. The zero-order valence-corrected chi connectivity index (χ0v) is 10.6. The molecule has 4 heteroatoms. The largest absolute Gasteiger partial charge is 0.494 e. The molecule has 2 N–H and O–H groups in total. The molecule has 2 atom stereocenters. The molecule has 17 heavy (non-hydrogen) atoms. The predicted octanol–water partition coefficient (Wildman–Crippen LogP) is 2.65. The average Bonchev–Trinajstić information content (AvgIpc) is 2.35. The van der Waals surface area contributed by atoms with E-state index in [1.165, 1.54) is 13.2 Å². The van der Waals surface area contributed by atoms with Crippen LogP contribution in [0.4, 0.5) is 4.39 Å². The van der Waals surface area contributed by atoms with E-state index < -0.39 is 0 Å². The summed E-state index contributed by atoms with van der Waals surface area (Å²) in [5.41, 5.74) is 6.78. The third kappa shape index (κ3) is 3.98. The van der Waals surface area contributed by atoms with Gasteiger partial charge in [0.2, 0.25) is 0 Å².